The Morgan fingerprint density at radius 1 is 0.929 bits per heavy atom. The molecule has 3 aromatic rings. The summed E-state index contributed by atoms with van der Waals surface area (Å²) >= 11 is 0. The standard InChI is InChI=1S/C22H23NO5/c1-4-5-6-26-21-9-14(8-20(24-2)22(21)25-3)16-7-15-10-18-19(28-13-27-18)11-17(15)23-12-16/h7-12H,4-6,13H2,1-3H3. The van der Waals surface area contributed by atoms with Crippen LogP contribution in [0.3, 0.4) is 0 Å². The van der Waals surface area contributed by atoms with Crippen LogP contribution in [0.1, 0.15) is 19.8 Å². The Morgan fingerprint density at radius 2 is 1.71 bits per heavy atom. The molecule has 1 aromatic heterocycles. The molecule has 1 aliphatic rings. The van der Waals surface area contributed by atoms with E-state index in [1.807, 2.05) is 30.5 Å². The first-order valence-corrected chi connectivity index (χ1v) is 9.32. The Bertz CT molecular complexity index is 1000. The van der Waals surface area contributed by atoms with Crippen LogP contribution in [0.25, 0.3) is 22.0 Å². The second-order valence-corrected chi connectivity index (χ2v) is 6.53. The van der Waals surface area contributed by atoms with Crippen molar-refractivity contribution in [2.45, 2.75) is 19.8 Å². The summed E-state index contributed by atoms with van der Waals surface area (Å²) in [5, 5.41) is 0.977. The minimum absolute atomic E-state index is 0.243. The van der Waals surface area contributed by atoms with Gasteiger partial charge in [-0.3, -0.25) is 4.98 Å². The fourth-order valence-corrected chi connectivity index (χ4v) is 3.21. The summed E-state index contributed by atoms with van der Waals surface area (Å²) in [6.45, 7) is 3.00. The number of ether oxygens (including phenoxy) is 5. The van der Waals surface area contributed by atoms with Gasteiger partial charge in [0.15, 0.2) is 23.0 Å². The summed E-state index contributed by atoms with van der Waals surface area (Å²) in [6, 6.07) is 9.82. The van der Waals surface area contributed by atoms with Gasteiger partial charge in [0.05, 0.1) is 26.3 Å². The van der Waals surface area contributed by atoms with Crippen LogP contribution in [0.5, 0.6) is 28.7 Å². The number of benzene rings is 2. The van der Waals surface area contributed by atoms with Gasteiger partial charge < -0.3 is 23.7 Å². The molecule has 0 fully saturated rings. The summed E-state index contributed by atoms with van der Waals surface area (Å²) < 4.78 is 27.9. The summed E-state index contributed by atoms with van der Waals surface area (Å²) in [5.74, 6) is 3.35. The molecule has 0 spiro atoms. The highest BCUT2D eigenvalue weighted by Crippen LogP contribution is 2.42. The summed E-state index contributed by atoms with van der Waals surface area (Å²) in [7, 11) is 3.24. The molecule has 0 amide bonds. The highest BCUT2D eigenvalue weighted by Gasteiger charge is 2.17. The Morgan fingerprint density at radius 3 is 2.46 bits per heavy atom. The van der Waals surface area contributed by atoms with E-state index >= 15 is 0 Å². The van der Waals surface area contributed by atoms with Crippen molar-refractivity contribution in [2.24, 2.45) is 0 Å². The lowest BCUT2D eigenvalue weighted by Gasteiger charge is -2.16. The number of pyridine rings is 1. The average Bonchev–Trinajstić information content (AvgIpc) is 3.18. The third-order valence-electron chi connectivity index (χ3n) is 4.71. The van der Waals surface area contributed by atoms with Crippen molar-refractivity contribution in [2.75, 3.05) is 27.6 Å². The Hall–Kier alpha value is -3.15. The van der Waals surface area contributed by atoms with Crippen LogP contribution in [0.2, 0.25) is 0 Å². The van der Waals surface area contributed by atoms with Crippen molar-refractivity contribution in [3.63, 3.8) is 0 Å². The maximum Gasteiger partial charge on any atom is 0.231 e. The predicted octanol–water partition coefficient (Wildman–Crippen LogP) is 4.83. The van der Waals surface area contributed by atoms with E-state index in [2.05, 4.69) is 18.0 Å². The first-order valence-electron chi connectivity index (χ1n) is 9.32. The molecule has 6 nitrogen and oxygen atoms in total. The molecular weight excluding hydrogens is 358 g/mol. The highest BCUT2D eigenvalue weighted by molar-refractivity contribution is 5.87. The fourth-order valence-electron chi connectivity index (χ4n) is 3.21. The predicted molar refractivity (Wildman–Crippen MR) is 107 cm³/mol. The zero-order valence-corrected chi connectivity index (χ0v) is 16.3. The highest BCUT2D eigenvalue weighted by atomic mass is 16.7. The second kappa shape index (κ2) is 7.84. The van der Waals surface area contributed by atoms with Crippen LogP contribution < -0.4 is 23.7 Å². The van der Waals surface area contributed by atoms with Gasteiger partial charge in [0, 0.05) is 23.2 Å². The van der Waals surface area contributed by atoms with E-state index < -0.39 is 0 Å². The topological polar surface area (TPSA) is 59.0 Å². The zero-order valence-electron chi connectivity index (χ0n) is 16.3. The van der Waals surface area contributed by atoms with Crippen LogP contribution in [-0.2, 0) is 0 Å². The molecule has 0 radical (unpaired) electrons. The molecule has 28 heavy (non-hydrogen) atoms. The molecule has 0 unspecified atom stereocenters. The Labute approximate surface area is 164 Å². The molecule has 0 N–H and O–H groups in total. The maximum atomic E-state index is 5.96. The van der Waals surface area contributed by atoms with Gasteiger partial charge in [-0.15, -0.1) is 0 Å². The molecule has 2 aromatic carbocycles. The molecule has 0 saturated heterocycles. The smallest absolute Gasteiger partial charge is 0.231 e. The zero-order chi connectivity index (χ0) is 19.5. The number of hydrogen-bond donors (Lipinski definition) is 0. The van der Waals surface area contributed by atoms with E-state index in [4.69, 9.17) is 23.7 Å². The van der Waals surface area contributed by atoms with Crippen molar-refractivity contribution in [3.8, 4) is 39.9 Å². The van der Waals surface area contributed by atoms with Gasteiger partial charge in [-0.25, -0.2) is 0 Å². The summed E-state index contributed by atoms with van der Waals surface area (Å²) in [6.07, 6.45) is 3.87. The molecule has 0 aliphatic carbocycles. The van der Waals surface area contributed by atoms with Gasteiger partial charge in [-0.1, -0.05) is 13.3 Å². The van der Waals surface area contributed by atoms with Crippen LogP contribution in [0, 0.1) is 0 Å². The van der Waals surface area contributed by atoms with Gasteiger partial charge in [0.2, 0.25) is 12.5 Å². The fraction of sp³-hybridized carbons (Fsp3) is 0.318. The lowest BCUT2D eigenvalue weighted by Crippen LogP contribution is -2.01. The lowest BCUT2D eigenvalue weighted by atomic mass is 10.0. The number of unbranched alkanes of at least 4 members (excludes halogenated alkanes) is 1. The minimum Gasteiger partial charge on any atom is -0.493 e. The van der Waals surface area contributed by atoms with E-state index in [1.165, 1.54) is 0 Å². The van der Waals surface area contributed by atoms with Crippen LogP contribution in [-0.4, -0.2) is 32.6 Å². The lowest BCUT2D eigenvalue weighted by molar-refractivity contribution is 0.174. The van der Waals surface area contributed by atoms with Gasteiger partial charge in [0.25, 0.3) is 0 Å². The summed E-state index contributed by atoms with van der Waals surface area (Å²) in [5.41, 5.74) is 2.75. The summed E-state index contributed by atoms with van der Waals surface area (Å²) in [4.78, 5) is 4.59. The molecule has 0 bridgehead atoms. The van der Waals surface area contributed by atoms with Crippen molar-refractivity contribution in [3.05, 3.63) is 36.5 Å². The molecule has 6 heteroatoms. The third-order valence-corrected chi connectivity index (χ3v) is 4.71. The SMILES string of the molecule is CCCCOc1cc(-c2cnc3cc4c(cc3c2)OCO4)cc(OC)c1OC. The molecule has 0 saturated carbocycles. The Kier molecular flexibility index (Phi) is 5.10. The largest absolute Gasteiger partial charge is 0.493 e. The van der Waals surface area contributed by atoms with E-state index in [9.17, 15) is 0 Å². The molecule has 0 atom stereocenters. The molecule has 1 aliphatic heterocycles. The number of hydrogen-bond acceptors (Lipinski definition) is 6. The monoisotopic (exact) mass is 381 g/mol. The van der Waals surface area contributed by atoms with E-state index in [0.717, 1.165) is 46.4 Å². The van der Waals surface area contributed by atoms with E-state index in [1.54, 1.807) is 14.2 Å². The van der Waals surface area contributed by atoms with Crippen molar-refractivity contribution in [1.82, 2.24) is 4.98 Å². The van der Waals surface area contributed by atoms with Gasteiger partial charge in [-0.05, 0) is 36.2 Å². The average molecular weight is 381 g/mol. The maximum absolute atomic E-state index is 5.96. The number of aromatic nitrogens is 1. The first-order chi connectivity index (χ1) is 13.7. The van der Waals surface area contributed by atoms with Crippen molar-refractivity contribution < 1.29 is 23.7 Å². The molecule has 4 rings (SSSR count). The normalized spacial score (nSPS) is 12.2. The quantitative estimate of drug-likeness (QED) is 0.547. The van der Waals surface area contributed by atoms with Gasteiger partial charge in [-0.2, -0.15) is 0 Å². The van der Waals surface area contributed by atoms with E-state index in [0.29, 0.717) is 23.9 Å². The van der Waals surface area contributed by atoms with Crippen molar-refractivity contribution >= 4 is 10.9 Å². The number of rotatable bonds is 7. The number of methoxy groups -OCH3 is 2. The van der Waals surface area contributed by atoms with Gasteiger partial charge >= 0.3 is 0 Å². The van der Waals surface area contributed by atoms with Crippen LogP contribution in [0.4, 0.5) is 0 Å². The molecular formula is C22H23NO5. The van der Waals surface area contributed by atoms with Crippen molar-refractivity contribution in [1.29, 1.82) is 0 Å². The Balaban J connectivity index is 1.76. The molecule has 146 valence electrons. The first kappa shape index (κ1) is 18.2. The number of fused-ring (bicyclic) bond motifs is 2. The second-order valence-electron chi connectivity index (χ2n) is 6.53. The molecule has 2 heterocycles. The van der Waals surface area contributed by atoms with Crippen LogP contribution >= 0.6 is 0 Å². The van der Waals surface area contributed by atoms with Gasteiger partial charge in [0.1, 0.15) is 0 Å². The minimum atomic E-state index is 0.243. The number of nitrogens with zero attached hydrogens (tertiary/aromatic N) is 1. The third kappa shape index (κ3) is 3.38. The van der Waals surface area contributed by atoms with E-state index in [-0.39, 0.29) is 6.79 Å². The van der Waals surface area contributed by atoms with Crippen LogP contribution in [0.15, 0.2) is 36.5 Å².